The van der Waals surface area contributed by atoms with E-state index >= 15 is 0 Å². The maximum atomic E-state index is 10.2. The molecule has 0 aliphatic rings. The van der Waals surface area contributed by atoms with Crippen molar-refractivity contribution in [3.63, 3.8) is 0 Å². The van der Waals surface area contributed by atoms with Crippen LogP contribution in [0.25, 0.3) is 22.1 Å². The number of fused-ring (bicyclic) bond motifs is 1. The van der Waals surface area contributed by atoms with Crippen LogP contribution >= 0.6 is 0 Å². The average molecular weight is 279 g/mol. The van der Waals surface area contributed by atoms with Crippen molar-refractivity contribution in [2.45, 2.75) is 13.3 Å². The van der Waals surface area contributed by atoms with Crippen molar-refractivity contribution in [1.82, 2.24) is 0 Å². The number of benzene rings is 2. The Morgan fingerprint density at radius 1 is 1.24 bits per heavy atom. The minimum atomic E-state index is 0.113. The van der Waals surface area contributed by atoms with Gasteiger partial charge in [0.2, 0.25) is 0 Å². The zero-order chi connectivity index (χ0) is 15.0. The summed E-state index contributed by atoms with van der Waals surface area (Å²) in [6.07, 6.45) is 2.53. The lowest BCUT2D eigenvalue weighted by Gasteiger charge is -2.10. The van der Waals surface area contributed by atoms with Crippen LogP contribution in [0.2, 0.25) is 0 Å². The summed E-state index contributed by atoms with van der Waals surface area (Å²) in [5.41, 5.74) is 9.80. The first-order valence-electron chi connectivity index (χ1n) is 6.81. The molecule has 0 fully saturated rings. The van der Waals surface area contributed by atoms with Gasteiger partial charge in [0.25, 0.3) is 0 Å². The van der Waals surface area contributed by atoms with Crippen molar-refractivity contribution < 1.29 is 9.52 Å². The third-order valence-electron chi connectivity index (χ3n) is 3.53. The van der Waals surface area contributed by atoms with Crippen LogP contribution in [0, 0.1) is 6.92 Å². The second kappa shape index (κ2) is 5.02. The number of anilines is 1. The van der Waals surface area contributed by atoms with Gasteiger partial charge in [0.1, 0.15) is 17.1 Å². The molecule has 3 nitrogen and oxygen atoms in total. The van der Waals surface area contributed by atoms with Crippen LogP contribution in [0.3, 0.4) is 0 Å². The lowest BCUT2D eigenvalue weighted by Crippen LogP contribution is -1.92. The van der Waals surface area contributed by atoms with Gasteiger partial charge in [0.15, 0.2) is 0 Å². The fourth-order valence-electron chi connectivity index (χ4n) is 2.57. The monoisotopic (exact) mass is 279 g/mol. The summed E-state index contributed by atoms with van der Waals surface area (Å²) in [6, 6.07) is 11.5. The Balaban J connectivity index is 2.18. The molecular weight excluding hydrogens is 262 g/mol. The molecule has 0 saturated carbocycles. The van der Waals surface area contributed by atoms with E-state index in [0.717, 1.165) is 33.4 Å². The maximum absolute atomic E-state index is 10.2. The van der Waals surface area contributed by atoms with Gasteiger partial charge in [0.05, 0.1) is 5.69 Å². The molecule has 3 heteroatoms. The van der Waals surface area contributed by atoms with Crippen molar-refractivity contribution in [3.05, 3.63) is 60.4 Å². The molecule has 106 valence electrons. The Morgan fingerprint density at radius 3 is 2.81 bits per heavy atom. The Morgan fingerprint density at radius 2 is 2.05 bits per heavy atom. The Bertz CT molecular complexity index is 831. The molecule has 0 saturated heterocycles. The van der Waals surface area contributed by atoms with E-state index < -0.39 is 0 Å². The van der Waals surface area contributed by atoms with Crippen LogP contribution in [0.5, 0.6) is 5.75 Å². The van der Waals surface area contributed by atoms with E-state index in [1.807, 2.05) is 43.3 Å². The first kappa shape index (κ1) is 13.3. The first-order valence-corrected chi connectivity index (χ1v) is 6.81. The van der Waals surface area contributed by atoms with Crippen LogP contribution in [0.1, 0.15) is 11.3 Å². The second-order valence-electron chi connectivity index (χ2n) is 5.18. The van der Waals surface area contributed by atoms with Gasteiger partial charge in [-0.1, -0.05) is 12.1 Å². The van der Waals surface area contributed by atoms with E-state index in [9.17, 15) is 5.11 Å². The van der Waals surface area contributed by atoms with E-state index in [0.29, 0.717) is 12.1 Å². The number of aryl methyl sites for hydroxylation is 1. The lowest BCUT2D eigenvalue weighted by atomic mass is 9.98. The molecule has 0 spiro atoms. The number of hydrogen-bond donors (Lipinski definition) is 2. The normalized spacial score (nSPS) is 10.9. The Labute approximate surface area is 123 Å². The molecule has 0 amide bonds. The zero-order valence-corrected chi connectivity index (χ0v) is 11.9. The van der Waals surface area contributed by atoms with Gasteiger partial charge >= 0.3 is 0 Å². The topological polar surface area (TPSA) is 59.4 Å². The zero-order valence-electron chi connectivity index (χ0n) is 11.9. The predicted octanol–water partition coefficient (Wildman–Crippen LogP) is 4.42. The van der Waals surface area contributed by atoms with Gasteiger partial charge < -0.3 is 15.3 Å². The number of nitrogen functional groups attached to an aromatic ring is 1. The summed E-state index contributed by atoms with van der Waals surface area (Å²) >= 11 is 0. The van der Waals surface area contributed by atoms with Crippen LogP contribution in [0.4, 0.5) is 5.69 Å². The van der Waals surface area contributed by atoms with Crippen LogP contribution in [0.15, 0.2) is 53.5 Å². The molecule has 1 heterocycles. The Hall–Kier alpha value is -2.68. The fourth-order valence-corrected chi connectivity index (χ4v) is 2.57. The molecule has 1 aromatic heterocycles. The highest BCUT2D eigenvalue weighted by Gasteiger charge is 2.11. The van der Waals surface area contributed by atoms with E-state index in [2.05, 4.69) is 6.58 Å². The summed E-state index contributed by atoms with van der Waals surface area (Å²) in [6.45, 7) is 5.65. The van der Waals surface area contributed by atoms with Crippen molar-refractivity contribution in [2.24, 2.45) is 0 Å². The van der Waals surface area contributed by atoms with Gasteiger partial charge in [-0.3, -0.25) is 0 Å². The highest BCUT2D eigenvalue weighted by Crippen LogP contribution is 2.37. The molecule has 2 aromatic carbocycles. The van der Waals surface area contributed by atoms with E-state index in [1.54, 1.807) is 6.07 Å². The minimum Gasteiger partial charge on any atom is -0.505 e. The highest BCUT2D eigenvalue weighted by atomic mass is 16.3. The molecular formula is C18H17NO2. The molecule has 0 aliphatic carbocycles. The molecule has 0 radical (unpaired) electrons. The minimum absolute atomic E-state index is 0.113. The number of phenols is 1. The molecule has 0 unspecified atom stereocenters. The van der Waals surface area contributed by atoms with Crippen LogP contribution in [-0.4, -0.2) is 5.11 Å². The summed E-state index contributed by atoms with van der Waals surface area (Å²) in [5.74, 6) is 0.980. The lowest BCUT2D eigenvalue weighted by molar-refractivity contribution is 0.480. The van der Waals surface area contributed by atoms with E-state index in [1.165, 1.54) is 0 Å². The fraction of sp³-hybridized carbons (Fsp3) is 0.111. The molecule has 21 heavy (non-hydrogen) atoms. The SMILES string of the molecule is C=CCc1cc(N)c(O)c(-c2ccc3oc(C)cc3c2)c1. The largest absolute Gasteiger partial charge is 0.505 e. The molecule has 3 rings (SSSR count). The number of nitrogens with two attached hydrogens (primary N) is 1. The van der Waals surface area contributed by atoms with Gasteiger partial charge in [-0.15, -0.1) is 6.58 Å². The van der Waals surface area contributed by atoms with Crippen LogP contribution < -0.4 is 5.73 Å². The summed E-state index contributed by atoms with van der Waals surface area (Å²) < 4.78 is 5.57. The first-order chi connectivity index (χ1) is 10.1. The summed E-state index contributed by atoms with van der Waals surface area (Å²) in [4.78, 5) is 0. The van der Waals surface area contributed by atoms with Crippen molar-refractivity contribution in [3.8, 4) is 16.9 Å². The molecule has 0 aliphatic heterocycles. The summed E-state index contributed by atoms with van der Waals surface area (Å²) in [7, 11) is 0. The summed E-state index contributed by atoms with van der Waals surface area (Å²) in [5, 5.41) is 11.3. The third-order valence-corrected chi connectivity index (χ3v) is 3.53. The number of aromatic hydroxyl groups is 1. The maximum Gasteiger partial charge on any atom is 0.146 e. The number of hydrogen-bond acceptors (Lipinski definition) is 3. The van der Waals surface area contributed by atoms with Crippen molar-refractivity contribution in [1.29, 1.82) is 0 Å². The predicted molar refractivity (Wildman–Crippen MR) is 86.4 cm³/mol. The number of phenolic OH excluding ortho intramolecular Hbond substituents is 1. The van der Waals surface area contributed by atoms with Crippen LogP contribution in [-0.2, 0) is 6.42 Å². The molecule has 3 N–H and O–H groups in total. The van der Waals surface area contributed by atoms with Gasteiger partial charge in [0, 0.05) is 10.9 Å². The van der Waals surface area contributed by atoms with Gasteiger partial charge in [-0.05, 0) is 54.8 Å². The molecule has 3 aromatic rings. The van der Waals surface area contributed by atoms with Crippen molar-refractivity contribution in [2.75, 3.05) is 5.73 Å². The van der Waals surface area contributed by atoms with Gasteiger partial charge in [-0.2, -0.15) is 0 Å². The number of furan rings is 1. The number of rotatable bonds is 3. The average Bonchev–Trinajstić information content (AvgIpc) is 2.82. The molecule has 0 atom stereocenters. The standard InChI is InChI=1S/C18H17NO2/c1-3-4-12-8-15(18(20)16(19)9-12)13-5-6-17-14(10-13)7-11(2)21-17/h3,5-10,20H,1,4,19H2,2H3. The molecule has 0 bridgehead atoms. The van der Waals surface area contributed by atoms with E-state index in [-0.39, 0.29) is 5.75 Å². The highest BCUT2D eigenvalue weighted by molar-refractivity contribution is 5.87. The number of allylic oxidation sites excluding steroid dienone is 1. The van der Waals surface area contributed by atoms with E-state index in [4.69, 9.17) is 10.2 Å². The second-order valence-corrected chi connectivity index (χ2v) is 5.18. The quantitative estimate of drug-likeness (QED) is 0.424. The smallest absolute Gasteiger partial charge is 0.146 e. The Kier molecular flexibility index (Phi) is 3.18. The van der Waals surface area contributed by atoms with Gasteiger partial charge in [-0.25, -0.2) is 0 Å². The third kappa shape index (κ3) is 2.38. The van der Waals surface area contributed by atoms with Crippen molar-refractivity contribution >= 4 is 16.7 Å².